The highest BCUT2D eigenvalue weighted by molar-refractivity contribution is 6.05. The molecule has 3 aromatic rings. The van der Waals surface area contributed by atoms with Gasteiger partial charge in [0.1, 0.15) is 5.82 Å². The lowest BCUT2D eigenvalue weighted by Gasteiger charge is -2.27. The lowest BCUT2D eigenvalue weighted by molar-refractivity contribution is 0.102. The van der Waals surface area contributed by atoms with Gasteiger partial charge in [0.15, 0.2) is 0 Å². The van der Waals surface area contributed by atoms with Crippen LogP contribution in [0.3, 0.4) is 0 Å². The number of urea groups is 1. The summed E-state index contributed by atoms with van der Waals surface area (Å²) in [6, 6.07) is 21.8. The van der Waals surface area contributed by atoms with Crippen LogP contribution in [0.25, 0.3) is 0 Å². The van der Waals surface area contributed by atoms with Gasteiger partial charge in [-0.3, -0.25) is 4.79 Å². The van der Waals surface area contributed by atoms with Crippen LogP contribution >= 0.6 is 0 Å². The Morgan fingerprint density at radius 3 is 2.29 bits per heavy atom. The van der Waals surface area contributed by atoms with Crippen molar-refractivity contribution in [3.8, 4) is 0 Å². The number of nitrogens with one attached hydrogen (secondary N) is 3. The van der Waals surface area contributed by atoms with Gasteiger partial charge in [-0.2, -0.15) is 0 Å². The normalized spacial score (nSPS) is 11.3. The number of hydrogen-bond acceptors (Lipinski definition) is 3. The number of carbonyl (C=O) groups excluding carboxylic acids is 2. The van der Waals surface area contributed by atoms with E-state index in [2.05, 4.69) is 20.9 Å². The van der Waals surface area contributed by atoms with E-state index in [4.69, 9.17) is 0 Å². The van der Waals surface area contributed by atoms with Gasteiger partial charge in [0.2, 0.25) is 0 Å². The number of rotatable bonds is 7. The molecule has 3 rings (SSSR count). The van der Waals surface area contributed by atoms with Crippen LogP contribution in [-0.2, 0) is 0 Å². The molecule has 0 aliphatic carbocycles. The lowest BCUT2D eigenvalue weighted by atomic mass is 10.2. The summed E-state index contributed by atoms with van der Waals surface area (Å²) < 4.78 is 13.3. The number of anilines is 3. The first-order valence-corrected chi connectivity index (χ1v) is 9.92. The molecule has 6 nitrogen and oxygen atoms in total. The summed E-state index contributed by atoms with van der Waals surface area (Å²) in [7, 11) is 1.97. The Kier molecular flexibility index (Phi) is 7.22. The van der Waals surface area contributed by atoms with Crippen LogP contribution in [0, 0.1) is 5.82 Å². The minimum atomic E-state index is -0.433. The zero-order valence-electron chi connectivity index (χ0n) is 17.4. The van der Waals surface area contributed by atoms with Crippen molar-refractivity contribution in [1.29, 1.82) is 0 Å². The number of benzene rings is 3. The molecule has 160 valence electrons. The summed E-state index contributed by atoms with van der Waals surface area (Å²) in [5.74, 6) is -0.829. The lowest BCUT2D eigenvalue weighted by Crippen LogP contribution is -2.41. The fraction of sp³-hybridized carbons (Fsp3) is 0.167. The second-order valence-electron chi connectivity index (χ2n) is 7.18. The van der Waals surface area contributed by atoms with Crippen molar-refractivity contribution in [2.75, 3.05) is 29.1 Å². The van der Waals surface area contributed by atoms with E-state index in [1.54, 1.807) is 30.3 Å². The van der Waals surface area contributed by atoms with E-state index in [9.17, 15) is 14.0 Å². The molecular weight excluding hydrogens is 395 g/mol. The molecule has 0 bridgehead atoms. The topological polar surface area (TPSA) is 73.5 Å². The first-order chi connectivity index (χ1) is 14.9. The molecule has 7 heteroatoms. The van der Waals surface area contributed by atoms with E-state index in [0.717, 1.165) is 5.69 Å². The van der Waals surface area contributed by atoms with Gasteiger partial charge in [0.25, 0.3) is 5.91 Å². The standard InChI is InChI=1S/C24H25FN4O2/c1-17(29(2)22-12-4-3-5-13-22)16-26-24(31)28-20-10-6-8-18(14-20)23(30)27-21-11-7-9-19(25)15-21/h3-15,17H,16H2,1-2H3,(H,27,30)(H2,26,28,31). The van der Waals surface area contributed by atoms with Gasteiger partial charge in [0.05, 0.1) is 0 Å². The van der Waals surface area contributed by atoms with E-state index in [1.165, 1.54) is 18.2 Å². The largest absolute Gasteiger partial charge is 0.370 e. The van der Waals surface area contributed by atoms with Gasteiger partial charge >= 0.3 is 6.03 Å². The molecule has 3 aromatic carbocycles. The highest BCUT2D eigenvalue weighted by Gasteiger charge is 2.12. The third-order valence-electron chi connectivity index (χ3n) is 4.85. The Hall–Kier alpha value is -3.87. The maximum absolute atomic E-state index is 13.3. The second-order valence-corrected chi connectivity index (χ2v) is 7.18. The number of likely N-dealkylation sites (N-methyl/N-ethyl adjacent to an activating group) is 1. The van der Waals surface area contributed by atoms with Crippen molar-refractivity contribution in [2.24, 2.45) is 0 Å². The number of hydrogen-bond donors (Lipinski definition) is 3. The Morgan fingerprint density at radius 2 is 1.58 bits per heavy atom. The molecule has 0 heterocycles. The summed E-state index contributed by atoms with van der Waals surface area (Å²) >= 11 is 0. The van der Waals surface area contributed by atoms with E-state index in [0.29, 0.717) is 23.5 Å². The van der Waals surface area contributed by atoms with Crippen molar-refractivity contribution in [2.45, 2.75) is 13.0 Å². The molecule has 0 spiro atoms. The predicted molar refractivity (Wildman–Crippen MR) is 122 cm³/mol. The minimum absolute atomic E-state index is 0.0801. The van der Waals surface area contributed by atoms with Crippen LogP contribution in [-0.4, -0.2) is 31.6 Å². The highest BCUT2D eigenvalue weighted by Crippen LogP contribution is 2.15. The van der Waals surface area contributed by atoms with E-state index >= 15 is 0 Å². The molecule has 3 amide bonds. The molecule has 0 radical (unpaired) electrons. The molecule has 0 fully saturated rings. The zero-order valence-corrected chi connectivity index (χ0v) is 17.4. The van der Waals surface area contributed by atoms with Gasteiger partial charge < -0.3 is 20.9 Å². The Balaban J connectivity index is 1.54. The van der Waals surface area contributed by atoms with E-state index in [1.807, 2.05) is 44.3 Å². The fourth-order valence-corrected chi connectivity index (χ4v) is 2.98. The van der Waals surface area contributed by atoms with Gasteiger partial charge in [-0.25, -0.2) is 9.18 Å². The fourth-order valence-electron chi connectivity index (χ4n) is 2.98. The minimum Gasteiger partial charge on any atom is -0.370 e. The van der Waals surface area contributed by atoms with Crippen LogP contribution in [0.2, 0.25) is 0 Å². The van der Waals surface area contributed by atoms with Crippen LogP contribution in [0.15, 0.2) is 78.9 Å². The Morgan fingerprint density at radius 1 is 0.903 bits per heavy atom. The molecular formula is C24H25FN4O2. The molecule has 0 saturated heterocycles. The summed E-state index contributed by atoms with van der Waals surface area (Å²) in [6.07, 6.45) is 0. The van der Waals surface area contributed by atoms with Gasteiger partial charge in [-0.1, -0.05) is 30.3 Å². The predicted octanol–water partition coefficient (Wildman–Crippen LogP) is 4.72. The second kappa shape index (κ2) is 10.2. The summed E-state index contributed by atoms with van der Waals surface area (Å²) in [5.41, 5.74) is 2.25. The van der Waals surface area contributed by atoms with E-state index < -0.39 is 11.7 Å². The van der Waals surface area contributed by atoms with Crippen molar-refractivity contribution in [3.63, 3.8) is 0 Å². The average molecular weight is 420 g/mol. The van der Waals surface area contributed by atoms with Gasteiger partial charge in [-0.15, -0.1) is 0 Å². The number of nitrogens with zero attached hydrogens (tertiary/aromatic N) is 1. The summed E-state index contributed by atoms with van der Waals surface area (Å²) in [6.45, 7) is 2.46. The molecule has 1 unspecified atom stereocenters. The maximum Gasteiger partial charge on any atom is 0.319 e. The molecule has 31 heavy (non-hydrogen) atoms. The molecule has 0 aliphatic rings. The first kappa shape index (κ1) is 21.8. The van der Waals surface area contributed by atoms with E-state index in [-0.39, 0.29) is 12.1 Å². The quantitative estimate of drug-likeness (QED) is 0.518. The molecule has 0 saturated carbocycles. The molecule has 0 aromatic heterocycles. The van der Waals surface area contributed by atoms with Crippen LogP contribution in [0.1, 0.15) is 17.3 Å². The van der Waals surface area contributed by atoms with Crippen LogP contribution < -0.4 is 20.9 Å². The zero-order chi connectivity index (χ0) is 22.2. The number of amides is 3. The molecule has 0 aliphatic heterocycles. The number of carbonyl (C=O) groups is 2. The van der Waals surface area contributed by atoms with Crippen molar-refractivity contribution >= 4 is 29.0 Å². The molecule has 3 N–H and O–H groups in total. The monoisotopic (exact) mass is 420 g/mol. The summed E-state index contributed by atoms with van der Waals surface area (Å²) in [5, 5.41) is 8.21. The number of para-hydroxylation sites is 1. The SMILES string of the molecule is CC(CNC(=O)Nc1cccc(C(=O)Nc2cccc(F)c2)c1)N(C)c1ccccc1. The van der Waals surface area contributed by atoms with Crippen LogP contribution in [0.5, 0.6) is 0 Å². The van der Waals surface area contributed by atoms with Gasteiger partial charge in [0, 0.05) is 42.3 Å². The number of halogens is 1. The maximum atomic E-state index is 13.3. The van der Waals surface area contributed by atoms with Crippen molar-refractivity contribution in [1.82, 2.24) is 5.32 Å². The third kappa shape index (κ3) is 6.30. The Labute approximate surface area is 181 Å². The Bertz CT molecular complexity index is 1040. The third-order valence-corrected chi connectivity index (χ3v) is 4.85. The molecule has 1 atom stereocenters. The highest BCUT2D eigenvalue weighted by atomic mass is 19.1. The van der Waals surface area contributed by atoms with Gasteiger partial charge in [-0.05, 0) is 55.5 Å². The summed E-state index contributed by atoms with van der Waals surface area (Å²) in [4.78, 5) is 26.8. The average Bonchev–Trinajstić information content (AvgIpc) is 2.77. The van der Waals surface area contributed by atoms with Crippen molar-refractivity contribution < 1.29 is 14.0 Å². The smallest absolute Gasteiger partial charge is 0.319 e. The first-order valence-electron chi connectivity index (χ1n) is 9.92. The van der Waals surface area contributed by atoms with Crippen LogP contribution in [0.4, 0.5) is 26.2 Å². The van der Waals surface area contributed by atoms with Crippen molar-refractivity contribution in [3.05, 3.63) is 90.2 Å².